The third-order valence-electron chi connectivity index (χ3n) is 5.95. The molecule has 6 heteroatoms. The van der Waals surface area contributed by atoms with E-state index in [2.05, 4.69) is 29.3 Å². The van der Waals surface area contributed by atoms with E-state index >= 15 is 0 Å². The summed E-state index contributed by atoms with van der Waals surface area (Å²) in [5.74, 6) is 3.48. The van der Waals surface area contributed by atoms with Crippen molar-refractivity contribution in [3.8, 4) is 0 Å². The number of imide groups is 1. The van der Waals surface area contributed by atoms with E-state index in [-0.39, 0.29) is 35.5 Å². The predicted molar refractivity (Wildman–Crippen MR) is 139 cm³/mol. The maximum atomic E-state index is 13.1. The number of anilines is 1. The van der Waals surface area contributed by atoms with E-state index in [1.165, 1.54) is 4.90 Å². The summed E-state index contributed by atoms with van der Waals surface area (Å²) >= 11 is 0. The lowest BCUT2D eigenvalue weighted by molar-refractivity contribution is -0.123. The highest BCUT2D eigenvalue weighted by molar-refractivity contribution is 7.98. The third-order valence-corrected chi connectivity index (χ3v) is 7.55. The monoisotopic (exact) mass is 468 g/mol. The third kappa shape index (κ3) is 5.06. The molecule has 2 fully saturated rings. The number of amides is 2. The van der Waals surface area contributed by atoms with Crippen molar-refractivity contribution in [3.05, 3.63) is 73.0 Å². The number of nitrogens with one attached hydrogen (secondary N) is 1. The van der Waals surface area contributed by atoms with Gasteiger partial charge in [0, 0.05) is 10.6 Å². The molecule has 1 heterocycles. The minimum Gasteiger partial charge on any atom is -0.310 e. The molecule has 5 nitrogen and oxygen atoms in total. The second kappa shape index (κ2) is 11.3. The van der Waals surface area contributed by atoms with Crippen LogP contribution < -0.4 is 9.62 Å². The van der Waals surface area contributed by atoms with Gasteiger partial charge in [-0.1, -0.05) is 64.7 Å². The summed E-state index contributed by atoms with van der Waals surface area (Å²) in [4.78, 5) is 27.6. The van der Waals surface area contributed by atoms with Gasteiger partial charge in [0.1, 0.15) is 0 Å². The lowest BCUT2D eigenvalue weighted by atomic mass is 9.85. The van der Waals surface area contributed by atoms with Crippen LogP contribution in [0.3, 0.4) is 0 Å². The Bertz CT molecular complexity index is 1040. The smallest absolute Gasteiger partial charge is 0.238 e. The van der Waals surface area contributed by atoms with Gasteiger partial charge in [-0.15, -0.1) is 0 Å². The molecule has 1 N–H and O–H groups in total. The van der Waals surface area contributed by atoms with Crippen molar-refractivity contribution in [1.82, 2.24) is 4.72 Å². The number of nitrogens with zero attached hydrogens (tertiary/aromatic N) is 1. The molecule has 1 aliphatic heterocycles. The second-order valence-corrected chi connectivity index (χ2v) is 9.65. The number of carbonyl (C=O) groups is 2. The standard InChI is InChI=1S/C23H24N2O3S.2C2H6/c1-4-6-7-17(5-2)24-29(3,28)19-12-10-18(11-13-19)25-22(26)20-15-8-9-16(14-15)21(20)23(25)27;2*1-2/h4-13,15-16,20-21H,1,3,14H2,2H3,(H,24,28);2*1-2H3/b7-6-,17-5+;;. The van der Waals surface area contributed by atoms with E-state index in [1.54, 1.807) is 48.6 Å². The fourth-order valence-corrected chi connectivity index (χ4v) is 5.84. The molecule has 5 unspecified atom stereocenters. The van der Waals surface area contributed by atoms with Crippen LogP contribution in [-0.4, -0.2) is 21.9 Å². The van der Waals surface area contributed by atoms with Gasteiger partial charge in [-0.2, -0.15) is 0 Å². The Kier molecular flexibility index (Phi) is 9.06. The van der Waals surface area contributed by atoms with E-state index in [9.17, 15) is 13.8 Å². The average Bonchev–Trinajstić information content (AvgIpc) is 3.53. The summed E-state index contributed by atoms with van der Waals surface area (Å²) in [6.45, 7) is 13.5. The van der Waals surface area contributed by atoms with Crippen molar-refractivity contribution in [1.29, 1.82) is 0 Å². The Morgan fingerprint density at radius 3 is 2.00 bits per heavy atom. The molecule has 3 aliphatic rings. The Labute approximate surface area is 199 Å². The predicted octanol–water partition coefficient (Wildman–Crippen LogP) is 5.28. The first-order chi connectivity index (χ1) is 15.9. The van der Waals surface area contributed by atoms with Crippen LogP contribution in [0.25, 0.3) is 0 Å². The number of rotatable bonds is 6. The molecular weight excluding hydrogens is 432 g/mol. The first kappa shape index (κ1) is 26.4. The lowest BCUT2D eigenvalue weighted by Gasteiger charge is -2.19. The number of hydrogen-bond acceptors (Lipinski definition) is 3. The van der Waals surface area contributed by atoms with Gasteiger partial charge in [0.05, 0.1) is 27.2 Å². The zero-order chi connectivity index (χ0) is 24.8. The number of fused-ring (bicyclic) bond motifs is 5. The highest BCUT2D eigenvalue weighted by Gasteiger charge is 2.59. The van der Waals surface area contributed by atoms with E-state index in [0.717, 1.165) is 6.42 Å². The van der Waals surface area contributed by atoms with Crippen LogP contribution in [0.2, 0.25) is 0 Å². The largest absolute Gasteiger partial charge is 0.310 e. The molecule has 0 radical (unpaired) electrons. The Morgan fingerprint density at radius 2 is 1.55 bits per heavy atom. The van der Waals surface area contributed by atoms with Gasteiger partial charge in [-0.25, -0.2) is 4.21 Å². The minimum atomic E-state index is -2.79. The van der Waals surface area contributed by atoms with Crippen LogP contribution in [0.4, 0.5) is 5.69 Å². The molecule has 178 valence electrons. The highest BCUT2D eigenvalue weighted by atomic mass is 32.2. The number of carbonyl (C=O) groups excluding carboxylic acids is 2. The second-order valence-electron chi connectivity index (χ2n) is 7.62. The Balaban J connectivity index is 0.000000914. The highest BCUT2D eigenvalue weighted by Crippen LogP contribution is 2.53. The van der Waals surface area contributed by atoms with Crippen LogP contribution in [-0.2, 0) is 19.3 Å². The Morgan fingerprint density at radius 1 is 1.03 bits per heavy atom. The molecule has 2 aliphatic carbocycles. The molecule has 1 aromatic carbocycles. The molecule has 4 rings (SSSR count). The maximum absolute atomic E-state index is 13.1. The van der Waals surface area contributed by atoms with Crippen molar-refractivity contribution in [2.45, 2.75) is 45.9 Å². The van der Waals surface area contributed by atoms with Gasteiger partial charge < -0.3 is 4.72 Å². The van der Waals surface area contributed by atoms with E-state index < -0.39 is 9.71 Å². The molecule has 1 saturated heterocycles. The van der Waals surface area contributed by atoms with Crippen LogP contribution in [0.1, 0.15) is 41.0 Å². The Hall–Kier alpha value is -2.86. The molecule has 0 spiro atoms. The summed E-state index contributed by atoms with van der Waals surface area (Å²) in [6.07, 6.45) is 12.0. The van der Waals surface area contributed by atoms with Crippen molar-refractivity contribution in [2.75, 3.05) is 4.90 Å². The van der Waals surface area contributed by atoms with Crippen LogP contribution >= 0.6 is 0 Å². The normalized spacial score (nSPS) is 26.8. The number of allylic oxidation sites excluding steroid dienone is 6. The van der Waals surface area contributed by atoms with Gasteiger partial charge in [-0.05, 0) is 61.4 Å². The fourth-order valence-electron chi connectivity index (χ4n) is 4.58. The van der Waals surface area contributed by atoms with Crippen LogP contribution in [0.15, 0.2) is 77.9 Å². The minimum absolute atomic E-state index is 0.121. The first-order valence-corrected chi connectivity index (χ1v) is 13.4. The summed E-state index contributed by atoms with van der Waals surface area (Å²) in [5, 5.41) is 0. The number of benzene rings is 1. The van der Waals surface area contributed by atoms with Crippen LogP contribution in [0.5, 0.6) is 0 Å². The van der Waals surface area contributed by atoms with Gasteiger partial charge in [0.25, 0.3) is 0 Å². The van der Waals surface area contributed by atoms with E-state index in [1.807, 2.05) is 34.6 Å². The molecule has 33 heavy (non-hydrogen) atoms. The zero-order valence-corrected chi connectivity index (χ0v) is 21.1. The van der Waals surface area contributed by atoms with Gasteiger partial charge in [-0.3, -0.25) is 14.5 Å². The molecular formula is C27H36N2O3S. The molecule has 1 aromatic rings. The average molecular weight is 469 g/mol. The quantitative estimate of drug-likeness (QED) is 0.267. The number of hydrogen-bond donors (Lipinski definition) is 1. The van der Waals surface area contributed by atoms with Crippen molar-refractivity contribution in [2.24, 2.45) is 23.7 Å². The molecule has 1 saturated carbocycles. The van der Waals surface area contributed by atoms with E-state index in [0.29, 0.717) is 16.3 Å². The summed E-state index contributed by atoms with van der Waals surface area (Å²) in [7, 11) is -2.79. The molecule has 0 aromatic heterocycles. The summed E-state index contributed by atoms with van der Waals surface area (Å²) in [6, 6.07) is 6.65. The lowest BCUT2D eigenvalue weighted by Crippen LogP contribution is -2.32. The molecule has 2 bridgehead atoms. The summed E-state index contributed by atoms with van der Waals surface area (Å²) in [5.41, 5.74) is 1.18. The maximum Gasteiger partial charge on any atom is 0.238 e. The van der Waals surface area contributed by atoms with Crippen molar-refractivity contribution < 1.29 is 13.8 Å². The summed E-state index contributed by atoms with van der Waals surface area (Å²) < 4.78 is 16.0. The van der Waals surface area contributed by atoms with Gasteiger partial charge in [0.2, 0.25) is 11.8 Å². The van der Waals surface area contributed by atoms with Crippen molar-refractivity contribution >= 4 is 33.1 Å². The molecule has 2 amide bonds. The zero-order valence-electron chi connectivity index (χ0n) is 20.3. The topological polar surface area (TPSA) is 66.5 Å². The SMILES string of the molecule is C=C/C=C\C(=C/C)NS(=C)(=O)c1ccc(N2C(=O)C3C4C=CC(C4)C3C2=O)cc1.CC.CC. The molecule has 5 atom stereocenters. The van der Waals surface area contributed by atoms with Crippen molar-refractivity contribution in [3.63, 3.8) is 0 Å². The van der Waals surface area contributed by atoms with Gasteiger partial charge in [0.15, 0.2) is 0 Å². The van der Waals surface area contributed by atoms with Gasteiger partial charge >= 0.3 is 0 Å². The first-order valence-electron chi connectivity index (χ1n) is 11.6. The van der Waals surface area contributed by atoms with E-state index in [4.69, 9.17) is 0 Å². The van der Waals surface area contributed by atoms with Crippen LogP contribution in [0, 0.1) is 23.7 Å². The fraction of sp³-hybridized carbons (Fsp3) is 0.370.